The molecule has 0 aliphatic carbocycles. The van der Waals surface area contributed by atoms with Gasteiger partial charge < -0.3 is 0 Å². The van der Waals surface area contributed by atoms with Crippen molar-refractivity contribution in [3.05, 3.63) is 11.1 Å². The minimum absolute atomic E-state index is 0.611. The molecule has 1 aliphatic rings. The lowest BCUT2D eigenvalue weighted by Crippen LogP contribution is -2.48. The fourth-order valence-corrected chi connectivity index (χ4v) is 4.23. The summed E-state index contributed by atoms with van der Waals surface area (Å²) < 4.78 is 0. The highest BCUT2D eigenvalue weighted by Crippen LogP contribution is 2.44. The molecule has 1 aliphatic heterocycles. The van der Waals surface area contributed by atoms with Crippen LogP contribution in [-0.2, 0) is 0 Å². The van der Waals surface area contributed by atoms with Gasteiger partial charge in [-0.15, -0.1) is 0 Å². The van der Waals surface area contributed by atoms with Crippen LogP contribution in [0.5, 0.6) is 0 Å². The van der Waals surface area contributed by atoms with E-state index < -0.39 is 0 Å². The van der Waals surface area contributed by atoms with E-state index in [1.54, 1.807) is 11.1 Å². The van der Waals surface area contributed by atoms with Gasteiger partial charge in [-0.3, -0.25) is 4.90 Å². The second kappa shape index (κ2) is 6.64. The molecule has 0 spiro atoms. The highest BCUT2D eigenvalue weighted by Gasteiger charge is 2.45. The fraction of sp³-hybridized carbons (Fsp3) is 0.895. The molecule has 1 heterocycles. The van der Waals surface area contributed by atoms with Gasteiger partial charge in [-0.25, -0.2) is 0 Å². The Labute approximate surface area is 127 Å². The van der Waals surface area contributed by atoms with Gasteiger partial charge in [-0.1, -0.05) is 55.4 Å². The molecule has 2 atom stereocenters. The average molecular weight is 280 g/mol. The zero-order chi connectivity index (χ0) is 15.8. The SMILES string of the molecule is CC(C)C1=C(C(C)C)C(C(C)C)N(C(C)C)C1C(C)C. The molecule has 2 unspecified atom stereocenters. The topological polar surface area (TPSA) is 3.24 Å². The highest BCUT2D eigenvalue weighted by molar-refractivity contribution is 5.35. The summed E-state index contributed by atoms with van der Waals surface area (Å²) >= 11 is 0. The first-order valence-corrected chi connectivity index (χ1v) is 8.62. The van der Waals surface area contributed by atoms with Gasteiger partial charge in [-0.05, 0) is 48.7 Å². The van der Waals surface area contributed by atoms with Gasteiger partial charge in [0.15, 0.2) is 0 Å². The van der Waals surface area contributed by atoms with Crippen LogP contribution in [0.1, 0.15) is 69.2 Å². The van der Waals surface area contributed by atoms with Crippen molar-refractivity contribution < 1.29 is 0 Å². The zero-order valence-corrected chi connectivity index (χ0v) is 15.5. The van der Waals surface area contributed by atoms with Crippen LogP contribution >= 0.6 is 0 Å². The van der Waals surface area contributed by atoms with Crippen molar-refractivity contribution in [2.45, 2.75) is 87.4 Å². The first-order valence-electron chi connectivity index (χ1n) is 8.62. The monoisotopic (exact) mass is 279 g/mol. The number of nitrogens with zero attached hydrogens (tertiary/aromatic N) is 1. The summed E-state index contributed by atoms with van der Waals surface area (Å²) in [6.07, 6.45) is 0. The molecule has 0 saturated carbocycles. The van der Waals surface area contributed by atoms with E-state index in [4.69, 9.17) is 0 Å². The third kappa shape index (κ3) is 3.13. The van der Waals surface area contributed by atoms with Gasteiger partial charge in [0, 0.05) is 18.1 Å². The predicted molar refractivity (Wildman–Crippen MR) is 90.9 cm³/mol. The smallest absolute Gasteiger partial charge is 0.0345 e. The summed E-state index contributed by atoms with van der Waals surface area (Å²) in [6, 6.07) is 1.86. The second-order valence-electron chi connectivity index (χ2n) is 8.14. The second-order valence-corrected chi connectivity index (χ2v) is 8.14. The number of rotatable bonds is 5. The van der Waals surface area contributed by atoms with Crippen LogP contribution in [0, 0.1) is 23.7 Å². The molecule has 0 aromatic carbocycles. The first-order chi connectivity index (χ1) is 9.11. The van der Waals surface area contributed by atoms with Crippen LogP contribution < -0.4 is 0 Å². The highest BCUT2D eigenvalue weighted by atomic mass is 15.2. The molecule has 0 amide bonds. The quantitative estimate of drug-likeness (QED) is 0.612. The lowest BCUT2D eigenvalue weighted by atomic mass is 9.82. The molecule has 0 N–H and O–H groups in total. The van der Waals surface area contributed by atoms with Crippen molar-refractivity contribution in [3.63, 3.8) is 0 Å². The van der Waals surface area contributed by atoms with E-state index >= 15 is 0 Å². The molecule has 0 aromatic heterocycles. The van der Waals surface area contributed by atoms with E-state index in [0.717, 1.165) is 0 Å². The Bertz CT molecular complexity index is 317. The van der Waals surface area contributed by atoms with E-state index in [1.807, 2.05) is 0 Å². The Morgan fingerprint density at radius 3 is 1.05 bits per heavy atom. The Morgan fingerprint density at radius 1 is 0.600 bits per heavy atom. The van der Waals surface area contributed by atoms with Crippen LogP contribution in [0.4, 0.5) is 0 Å². The molecule has 1 rings (SSSR count). The van der Waals surface area contributed by atoms with Crippen molar-refractivity contribution in [1.82, 2.24) is 4.90 Å². The molecule has 20 heavy (non-hydrogen) atoms. The van der Waals surface area contributed by atoms with Crippen LogP contribution in [0.15, 0.2) is 11.1 Å². The Balaban J connectivity index is 3.47. The first kappa shape index (κ1) is 17.8. The zero-order valence-electron chi connectivity index (χ0n) is 15.5. The van der Waals surface area contributed by atoms with Crippen LogP contribution in [0.2, 0.25) is 0 Å². The number of hydrogen-bond donors (Lipinski definition) is 0. The lowest BCUT2D eigenvalue weighted by Gasteiger charge is -2.40. The van der Waals surface area contributed by atoms with E-state index in [1.165, 1.54) is 0 Å². The predicted octanol–water partition coefficient (Wildman–Crippen LogP) is 5.37. The summed E-state index contributed by atoms with van der Waals surface area (Å²) in [4.78, 5) is 2.81. The summed E-state index contributed by atoms with van der Waals surface area (Å²) in [5.74, 6) is 2.69. The van der Waals surface area contributed by atoms with E-state index in [2.05, 4.69) is 74.1 Å². The van der Waals surface area contributed by atoms with Crippen molar-refractivity contribution >= 4 is 0 Å². The third-order valence-electron chi connectivity index (χ3n) is 4.72. The van der Waals surface area contributed by atoms with Gasteiger partial charge in [0.2, 0.25) is 0 Å². The molecule has 0 saturated heterocycles. The van der Waals surface area contributed by atoms with E-state index in [9.17, 15) is 0 Å². The van der Waals surface area contributed by atoms with Crippen molar-refractivity contribution in [1.29, 1.82) is 0 Å². The minimum atomic E-state index is 0.611. The average Bonchev–Trinajstić information content (AvgIpc) is 2.64. The molecule has 0 fully saturated rings. The van der Waals surface area contributed by atoms with E-state index in [0.29, 0.717) is 41.8 Å². The molecule has 0 bridgehead atoms. The lowest BCUT2D eigenvalue weighted by molar-refractivity contribution is 0.0971. The van der Waals surface area contributed by atoms with Crippen molar-refractivity contribution in [2.75, 3.05) is 0 Å². The van der Waals surface area contributed by atoms with Crippen molar-refractivity contribution in [2.24, 2.45) is 23.7 Å². The van der Waals surface area contributed by atoms with Gasteiger partial charge in [0.25, 0.3) is 0 Å². The Kier molecular flexibility index (Phi) is 5.89. The normalized spacial score (nSPS) is 25.4. The Morgan fingerprint density at radius 2 is 0.900 bits per heavy atom. The van der Waals surface area contributed by atoms with Gasteiger partial charge in [-0.2, -0.15) is 0 Å². The summed E-state index contributed by atoms with van der Waals surface area (Å²) in [5, 5.41) is 0. The molecular weight excluding hydrogens is 242 g/mol. The maximum atomic E-state index is 2.81. The van der Waals surface area contributed by atoms with Crippen LogP contribution in [0.3, 0.4) is 0 Å². The van der Waals surface area contributed by atoms with Crippen LogP contribution in [-0.4, -0.2) is 23.0 Å². The molecule has 1 nitrogen and oxygen atoms in total. The number of hydrogen-bond acceptors (Lipinski definition) is 1. The summed E-state index contributed by atoms with van der Waals surface area (Å²) in [7, 11) is 0. The standard InChI is InChI=1S/C19H37N/c1-11(2)16-17(12(3)4)19(14(7)8)20(15(9)10)18(16)13(5)6/h11-15,18-19H,1-10H3. The van der Waals surface area contributed by atoms with E-state index in [-0.39, 0.29) is 0 Å². The largest absolute Gasteiger partial charge is 0.287 e. The maximum Gasteiger partial charge on any atom is 0.0345 e. The fourth-order valence-electron chi connectivity index (χ4n) is 4.23. The summed E-state index contributed by atoms with van der Waals surface area (Å²) in [5.41, 5.74) is 3.48. The molecular formula is C19H37N. The molecule has 0 radical (unpaired) electrons. The van der Waals surface area contributed by atoms with Gasteiger partial charge >= 0.3 is 0 Å². The Hall–Kier alpha value is -0.300. The minimum Gasteiger partial charge on any atom is -0.287 e. The third-order valence-corrected chi connectivity index (χ3v) is 4.72. The molecule has 1 heteroatoms. The maximum absolute atomic E-state index is 2.81. The molecule has 118 valence electrons. The van der Waals surface area contributed by atoms with Crippen LogP contribution in [0.25, 0.3) is 0 Å². The van der Waals surface area contributed by atoms with Gasteiger partial charge in [0.05, 0.1) is 0 Å². The summed E-state index contributed by atoms with van der Waals surface area (Å²) in [6.45, 7) is 23.8. The molecule has 0 aromatic rings. The van der Waals surface area contributed by atoms with Crippen molar-refractivity contribution in [3.8, 4) is 0 Å². The van der Waals surface area contributed by atoms with Gasteiger partial charge in [0.1, 0.15) is 0 Å².